The zero-order chi connectivity index (χ0) is 23.8. The number of carbonyl (C=O) groups is 1. The quantitative estimate of drug-likeness (QED) is 0.466. The van der Waals surface area contributed by atoms with Gasteiger partial charge in [0, 0.05) is 23.0 Å². The number of nitrogens with two attached hydrogens (primary N) is 1. The molecule has 0 unspecified atom stereocenters. The van der Waals surface area contributed by atoms with Crippen LogP contribution in [0.5, 0.6) is 5.75 Å². The lowest BCUT2D eigenvalue weighted by molar-refractivity contribution is 0.0635. The smallest absolute Gasteiger partial charge is 0.412 e. The van der Waals surface area contributed by atoms with Crippen LogP contribution in [0.15, 0.2) is 48.9 Å². The Hall–Kier alpha value is -4.14. The molecule has 0 saturated carbocycles. The van der Waals surface area contributed by atoms with E-state index in [1.54, 1.807) is 37.5 Å². The zero-order valence-electron chi connectivity index (χ0n) is 19.2. The first-order chi connectivity index (χ1) is 15.7. The number of amides is 1. The van der Waals surface area contributed by atoms with Crippen molar-refractivity contribution in [3.05, 3.63) is 54.6 Å². The fourth-order valence-corrected chi connectivity index (χ4v) is 3.49. The Bertz CT molecular complexity index is 1320. The number of hydrogen-bond donors (Lipinski definition) is 2. The van der Waals surface area contributed by atoms with Gasteiger partial charge in [0.2, 0.25) is 0 Å². The Morgan fingerprint density at radius 3 is 2.52 bits per heavy atom. The Kier molecular flexibility index (Phi) is 5.63. The fourth-order valence-electron chi connectivity index (χ4n) is 3.49. The first-order valence-electron chi connectivity index (χ1n) is 10.4. The average Bonchev–Trinajstić information content (AvgIpc) is 3.14. The molecule has 0 atom stereocenters. The van der Waals surface area contributed by atoms with E-state index in [2.05, 4.69) is 20.4 Å². The Morgan fingerprint density at radius 2 is 1.85 bits per heavy atom. The van der Waals surface area contributed by atoms with Gasteiger partial charge in [0.15, 0.2) is 5.82 Å². The normalized spacial score (nSPS) is 11.4. The molecule has 4 aromatic rings. The van der Waals surface area contributed by atoms with E-state index in [1.807, 2.05) is 37.3 Å². The van der Waals surface area contributed by atoms with E-state index in [-0.39, 0.29) is 0 Å². The van der Waals surface area contributed by atoms with Gasteiger partial charge in [-0.05, 0) is 63.6 Å². The summed E-state index contributed by atoms with van der Waals surface area (Å²) in [6, 6.07) is 11.4. The van der Waals surface area contributed by atoms with Crippen molar-refractivity contribution < 1.29 is 14.3 Å². The number of rotatable bonds is 4. The van der Waals surface area contributed by atoms with Crippen LogP contribution in [0.2, 0.25) is 0 Å². The van der Waals surface area contributed by atoms with Crippen molar-refractivity contribution in [2.24, 2.45) is 0 Å². The number of nitrogen functional groups attached to an aromatic ring is 1. The van der Waals surface area contributed by atoms with E-state index in [0.717, 1.165) is 28.1 Å². The number of aromatic nitrogens is 4. The molecular weight excluding hydrogens is 420 g/mol. The molecule has 0 aliphatic carbocycles. The van der Waals surface area contributed by atoms with Crippen LogP contribution in [0.1, 0.15) is 26.5 Å². The Balaban J connectivity index is 1.79. The number of benzene rings is 1. The maximum absolute atomic E-state index is 12.2. The minimum absolute atomic E-state index is 0.348. The molecular formula is C24H26N6O3. The summed E-state index contributed by atoms with van der Waals surface area (Å²) in [4.78, 5) is 20.8. The number of nitrogens with one attached hydrogen (secondary N) is 1. The van der Waals surface area contributed by atoms with Crippen molar-refractivity contribution in [2.45, 2.75) is 33.3 Å². The fraction of sp³-hybridized carbons (Fsp3) is 0.250. The van der Waals surface area contributed by atoms with Crippen LogP contribution in [-0.2, 0) is 4.74 Å². The van der Waals surface area contributed by atoms with Crippen molar-refractivity contribution >= 4 is 23.1 Å². The monoisotopic (exact) mass is 446 g/mol. The molecule has 0 saturated heterocycles. The lowest BCUT2D eigenvalue weighted by Crippen LogP contribution is -2.27. The largest absolute Gasteiger partial charge is 0.495 e. The lowest BCUT2D eigenvalue weighted by atomic mass is 10.0. The summed E-state index contributed by atoms with van der Waals surface area (Å²) in [7, 11) is 1.54. The first kappa shape index (κ1) is 22.1. The molecule has 33 heavy (non-hydrogen) atoms. The third kappa shape index (κ3) is 4.57. The van der Waals surface area contributed by atoms with Gasteiger partial charge in [-0.2, -0.15) is 5.10 Å². The van der Waals surface area contributed by atoms with E-state index in [4.69, 9.17) is 15.2 Å². The van der Waals surface area contributed by atoms with Crippen LogP contribution in [0.25, 0.3) is 27.9 Å². The van der Waals surface area contributed by atoms with Crippen LogP contribution < -0.4 is 15.8 Å². The summed E-state index contributed by atoms with van der Waals surface area (Å²) in [5.74, 6) is 0.827. The van der Waals surface area contributed by atoms with E-state index in [0.29, 0.717) is 22.8 Å². The van der Waals surface area contributed by atoms with Crippen molar-refractivity contribution in [3.63, 3.8) is 0 Å². The van der Waals surface area contributed by atoms with Crippen molar-refractivity contribution in [1.29, 1.82) is 0 Å². The van der Waals surface area contributed by atoms with Gasteiger partial charge in [0.05, 0.1) is 18.5 Å². The molecule has 3 aromatic heterocycles. The highest BCUT2D eigenvalue weighted by Crippen LogP contribution is 2.37. The second kappa shape index (κ2) is 8.42. The molecule has 9 heteroatoms. The molecule has 1 amide bonds. The van der Waals surface area contributed by atoms with E-state index >= 15 is 0 Å². The summed E-state index contributed by atoms with van der Waals surface area (Å²) in [5.41, 5.74) is 11.1. The third-order valence-corrected chi connectivity index (χ3v) is 4.94. The molecule has 0 spiro atoms. The van der Waals surface area contributed by atoms with E-state index in [1.165, 1.54) is 13.4 Å². The Labute approximate surface area is 191 Å². The second-order valence-electron chi connectivity index (χ2n) is 8.58. The number of carbonyl (C=O) groups excluding carboxylic acids is 1. The van der Waals surface area contributed by atoms with Gasteiger partial charge in [-0.25, -0.2) is 14.3 Å². The standard InChI is InChI=1S/C24H26N6O3/c1-14-6-7-16(12-26-14)19-11-17(21-22(25)27-13-28-30(19)21)15-8-9-18(20(10-15)32-5)29-23(31)33-24(2,3)4/h6-13H,1-5H3,(H,29,31)(H2,25,27,28). The predicted molar refractivity (Wildman–Crippen MR) is 127 cm³/mol. The lowest BCUT2D eigenvalue weighted by Gasteiger charge is -2.20. The highest BCUT2D eigenvalue weighted by molar-refractivity contribution is 5.94. The summed E-state index contributed by atoms with van der Waals surface area (Å²) in [6.45, 7) is 7.35. The van der Waals surface area contributed by atoms with Gasteiger partial charge < -0.3 is 15.2 Å². The van der Waals surface area contributed by atoms with E-state index in [9.17, 15) is 4.79 Å². The van der Waals surface area contributed by atoms with Crippen LogP contribution in [0.3, 0.4) is 0 Å². The average molecular weight is 447 g/mol. The van der Waals surface area contributed by atoms with Crippen molar-refractivity contribution in [2.75, 3.05) is 18.2 Å². The third-order valence-electron chi connectivity index (χ3n) is 4.94. The summed E-state index contributed by atoms with van der Waals surface area (Å²) >= 11 is 0. The number of fused-ring (bicyclic) bond motifs is 1. The van der Waals surface area contributed by atoms with Gasteiger partial charge in [-0.1, -0.05) is 6.07 Å². The van der Waals surface area contributed by atoms with Crippen LogP contribution in [0, 0.1) is 6.92 Å². The summed E-state index contributed by atoms with van der Waals surface area (Å²) in [6.07, 6.45) is 2.66. The van der Waals surface area contributed by atoms with E-state index < -0.39 is 11.7 Å². The number of methoxy groups -OCH3 is 1. The molecule has 3 N–H and O–H groups in total. The van der Waals surface area contributed by atoms with Crippen LogP contribution >= 0.6 is 0 Å². The first-order valence-corrected chi connectivity index (χ1v) is 10.4. The minimum Gasteiger partial charge on any atom is -0.495 e. The van der Waals surface area contributed by atoms with Crippen molar-refractivity contribution in [3.8, 4) is 28.1 Å². The molecule has 0 bridgehead atoms. The van der Waals surface area contributed by atoms with Gasteiger partial charge in [0.25, 0.3) is 0 Å². The van der Waals surface area contributed by atoms with Gasteiger partial charge in [0.1, 0.15) is 23.2 Å². The zero-order valence-corrected chi connectivity index (χ0v) is 19.2. The summed E-state index contributed by atoms with van der Waals surface area (Å²) in [5, 5.41) is 7.15. The molecule has 0 radical (unpaired) electrons. The van der Waals surface area contributed by atoms with Crippen LogP contribution in [-0.4, -0.2) is 38.4 Å². The second-order valence-corrected chi connectivity index (χ2v) is 8.58. The number of ether oxygens (including phenoxy) is 2. The molecule has 170 valence electrons. The highest BCUT2D eigenvalue weighted by Gasteiger charge is 2.20. The number of hydrogen-bond acceptors (Lipinski definition) is 7. The molecule has 0 fully saturated rings. The van der Waals surface area contributed by atoms with Crippen LogP contribution in [0.4, 0.5) is 16.3 Å². The molecule has 3 heterocycles. The number of nitrogens with zero attached hydrogens (tertiary/aromatic N) is 4. The number of pyridine rings is 1. The van der Waals surface area contributed by atoms with Crippen molar-refractivity contribution in [1.82, 2.24) is 19.6 Å². The number of anilines is 2. The maximum atomic E-state index is 12.2. The maximum Gasteiger partial charge on any atom is 0.412 e. The molecule has 0 aliphatic heterocycles. The van der Waals surface area contributed by atoms with Gasteiger partial charge in [-0.15, -0.1) is 0 Å². The summed E-state index contributed by atoms with van der Waals surface area (Å²) < 4.78 is 12.6. The van der Waals surface area contributed by atoms with Gasteiger partial charge >= 0.3 is 6.09 Å². The minimum atomic E-state index is -0.610. The predicted octanol–water partition coefficient (Wildman–Crippen LogP) is 4.70. The Morgan fingerprint density at radius 1 is 1.09 bits per heavy atom. The molecule has 9 nitrogen and oxygen atoms in total. The highest BCUT2D eigenvalue weighted by atomic mass is 16.6. The molecule has 4 rings (SSSR count). The molecule has 1 aromatic carbocycles. The van der Waals surface area contributed by atoms with Gasteiger partial charge in [-0.3, -0.25) is 10.3 Å². The SMILES string of the molecule is COc1cc(-c2cc(-c3ccc(C)nc3)n3ncnc(N)c23)ccc1NC(=O)OC(C)(C)C. The topological polar surface area (TPSA) is 117 Å². The number of aryl methyl sites for hydroxylation is 1. The molecule has 0 aliphatic rings.